The highest BCUT2D eigenvalue weighted by atomic mass is 19.1. The molecule has 2 fully saturated rings. The number of rotatable bonds is 5. The molecule has 0 aliphatic carbocycles. The molecule has 1 aromatic carbocycles. The van der Waals surface area contributed by atoms with Crippen molar-refractivity contribution in [2.24, 2.45) is 0 Å². The van der Waals surface area contributed by atoms with Crippen LogP contribution in [0.15, 0.2) is 36.7 Å². The second-order valence-electron chi connectivity index (χ2n) is 6.97. The first kappa shape index (κ1) is 18.8. The lowest BCUT2D eigenvalue weighted by molar-refractivity contribution is -0.134. The molecule has 2 aliphatic rings. The Morgan fingerprint density at radius 1 is 1.18 bits per heavy atom. The highest BCUT2D eigenvalue weighted by molar-refractivity contribution is 5.79. The van der Waals surface area contributed by atoms with E-state index in [1.165, 1.54) is 30.5 Å². The molecule has 148 valence electrons. The molecule has 2 aromatic rings. The summed E-state index contributed by atoms with van der Waals surface area (Å²) in [5.74, 6) is 0.597. The molecule has 8 heteroatoms. The Kier molecular flexibility index (Phi) is 5.78. The third kappa shape index (κ3) is 4.45. The number of hydrogen-bond acceptors (Lipinski definition) is 6. The zero-order chi connectivity index (χ0) is 19.3. The van der Waals surface area contributed by atoms with Gasteiger partial charge in [-0.2, -0.15) is 0 Å². The molecule has 0 N–H and O–H groups in total. The van der Waals surface area contributed by atoms with Crippen LogP contribution in [0.4, 0.5) is 4.39 Å². The highest BCUT2D eigenvalue weighted by Gasteiger charge is 2.32. The van der Waals surface area contributed by atoms with Crippen molar-refractivity contribution < 1.29 is 18.7 Å². The molecule has 1 aromatic heterocycles. The number of ether oxygens (including phenoxy) is 2. The molecule has 0 radical (unpaired) electrons. The Hall–Kier alpha value is -2.58. The van der Waals surface area contributed by atoms with Gasteiger partial charge in [-0.15, -0.1) is 0 Å². The summed E-state index contributed by atoms with van der Waals surface area (Å²) in [4.78, 5) is 25.6. The zero-order valence-corrected chi connectivity index (χ0v) is 15.6. The fourth-order valence-electron chi connectivity index (χ4n) is 3.61. The number of aromatic nitrogens is 2. The normalized spacial score (nSPS) is 20.3. The van der Waals surface area contributed by atoms with Crippen LogP contribution in [0.5, 0.6) is 11.6 Å². The quantitative estimate of drug-likeness (QED) is 0.786. The van der Waals surface area contributed by atoms with Crippen LogP contribution in [0, 0.1) is 5.82 Å². The van der Waals surface area contributed by atoms with E-state index in [4.69, 9.17) is 9.47 Å². The number of halogens is 1. The minimum absolute atomic E-state index is 0.0993. The van der Waals surface area contributed by atoms with Gasteiger partial charge < -0.3 is 14.4 Å². The van der Waals surface area contributed by atoms with Crippen LogP contribution in [0.1, 0.15) is 24.6 Å². The van der Waals surface area contributed by atoms with Crippen molar-refractivity contribution in [3.8, 4) is 11.6 Å². The van der Waals surface area contributed by atoms with Gasteiger partial charge in [0.1, 0.15) is 11.6 Å². The molecule has 0 bridgehead atoms. The summed E-state index contributed by atoms with van der Waals surface area (Å²) in [6, 6.07) is 5.64. The van der Waals surface area contributed by atoms with Gasteiger partial charge in [-0.1, -0.05) is 0 Å². The Balaban J connectivity index is 1.44. The molecule has 1 atom stereocenters. The van der Waals surface area contributed by atoms with Crippen molar-refractivity contribution >= 4 is 5.91 Å². The lowest BCUT2D eigenvalue weighted by Gasteiger charge is -2.30. The molecule has 1 amide bonds. The number of carbonyl (C=O) groups excluding carboxylic acids is 1. The van der Waals surface area contributed by atoms with Crippen LogP contribution < -0.4 is 4.74 Å². The van der Waals surface area contributed by atoms with Gasteiger partial charge in [0.25, 0.3) is 0 Å². The van der Waals surface area contributed by atoms with E-state index in [1.807, 2.05) is 4.90 Å². The lowest BCUT2D eigenvalue weighted by atomic mass is 10.1. The van der Waals surface area contributed by atoms with E-state index in [9.17, 15) is 9.18 Å². The average Bonchev–Trinajstić information content (AvgIpc) is 3.21. The minimum Gasteiger partial charge on any atom is -0.437 e. The topological polar surface area (TPSA) is 67.8 Å². The average molecular weight is 386 g/mol. The van der Waals surface area contributed by atoms with Crippen LogP contribution in [-0.2, 0) is 9.53 Å². The maximum Gasteiger partial charge on any atom is 0.238 e. The van der Waals surface area contributed by atoms with Gasteiger partial charge in [-0.3, -0.25) is 14.7 Å². The summed E-state index contributed by atoms with van der Waals surface area (Å²) in [5.41, 5.74) is 0.715. The van der Waals surface area contributed by atoms with E-state index in [0.717, 1.165) is 32.5 Å². The summed E-state index contributed by atoms with van der Waals surface area (Å²) < 4.78 is 24.1. The maximum absolute atomic E-state index is 13.0. The van der Waals surface area contributed by atoms with Crippen molar-refractivity contribution in [2.75, 3.05) is 39.4 Å². The lowest BCUT2D eigenvalue weighted by Crippen LogP contribution is -2.44. The Morgan fingerprint density at radius 2 is 1.96 bits per heavy atom. The third-order valence-corrected chi connectivity index (χ3v) is 5.04. The fraction of sp³-hybridized carbons (Fsp3) is 0.450. The molecule has 2 aliphatic heterocycles. The molecule has 4 rings (SSSR count). The van der Waals surface area contributed by atoms with Crippen molar-refractivity contribution in [3.05, 3.63) is 48.2 Å². The predicted octanol–water partition coefficient (Wildman–Crippen LogP) is 2.40. The zero-order valence-electron chi connectivity index (χ0n) is 15.6. The van der Waals surface area contributed by atoms with Crippen molar-refractivity contribution in [1.29, 1.82) is 0 Å². The number of hydrogen-bond donors (Lipinski definition) is 0. The fourth-order valence-corrected chi connectivity index (χ4v) is 3.61. The van der Waals surface area contributed by atoms with Crippen molar-refractivity contribution in [1.82, 2.24) is 19.8 Å². The number of benzene rings is 1. The summed E-state index contributed by atoms with van der Waals surface area (Å²) in [7, 11) is 0. The summed E-state index contributed by atoms with van der Waals surface area (Å²) in [6.07, 6.45) is 4.98. The molecule has 2 saturated heterocycles. The smallest absolute Gasteiger partial charge is 0.238 e. The van der Waals surface area contributed by atoms with Crippen molar-refractivity contribution in [3.63, 3.8) is 0 Å². The largest absolute Gasteiger partial charge is 0.437 e. The van der Waals surface area contributed by atoms with Crippen molar-refractivity contribution in [2.45, 2.75) is 18.9 Å². The van der Waals surface area contributed by atoms with Gasteiger partial charge in [-0.05, 0) is 37.1 Å². The van der Waals surface area contributed by atoms with E-state index in [-0.39, 0.29) is 17.8 Å². The molecule has 0 saturated carbocycles. The molecule has 7 nitrogen and oxygen atoms in total. The van der Waals surface area contributed by atoms with Crippen LogP contribution >= 0.6 is 0 Å². The van der Waals surface area contributed by atoms with Crippen LogP contribution in [0.3, 0.4) is 0 Å². The Morgan fingerprint density at radius 3 is 2.75 bits per heavy atom. The molecular formula is C20H23FN4O3. The Labute approximate surface area is 163 Å². The first-order valence-electron chi connectivity index (χ1n) is 9.54. The molecular weight excluding hydrogens is 363 g/mol. The van der Waals surface area contributed by atoms with Gasteiger partial charge in [0.15, 0.2) is 0 Å². The first-order chi connectivity index (χ1) is 13.7. The number of morpholine rings is 1. The number of nitrogens with zero attached hydrogens (tertiary/aromatic N) is 4. The van der Waals surface area contributed by atoms with E-state index in [1.54, 1.807) is 6.20 Å². The predicted molar refractivity (Wildman–Crippen MR) is 99.5 cm³/mol. The van der Waals surface area contributed by atoms with Crippen LogP contribution in [0.2, 0.25) is 0 Å². The van der Waals surface area contributed by atoms with Gasteiger partial charge in [0.05, 0.1) is 43.9 Å². The van der Waals surface area contributed by atoms with Crippen LogP contribution in [0.25, 0.3) is 0 Å². The number of amides is 1. The van der Waals surface area contributed by atoms with E-state index < -0.39 is 0 Å². The minimum atomic E-state index is -0.326. The molecule has 3 heterocycles. The standard InChI is InChI=1S/C20H23FN4O3/c21-15-3-5-16(6-4-15)28-19-13-22-12-17(23-19)18-2-1-7-25(18)20(26)14-24-8-10-27-11-9-24/h3-6,12-13,18H,1-2,7-11,14H2/t18-/m0/s1. The van der Waals surface area contributed by atoms with Gasteiger partial charge >= 0.3 is 0 Å². The first-order valence-corrected chi connectivity index (χ1v) is 9.54. The van der Waals surface area contributed by atoms with Crippen LogP contribution in [-0.4, -0.2) is 65.1 Å². The second kappa shape index (κ2) is 8.62. The monoisotopic (exact) mass is 386 g/mol. The third-order valence-electron chi connectivity index (χ3n) is 5.04. The van der Waals surface area contributed by atoms with Gasteiger partial charge in [0, 0.05) is 19.6 Å². The Bertz CT molecular complexity index is 811. The van der Waals surface area contributed by atoms with E-state index in [2.05, 4.69) is 14.9 Å². The van der Waals surface area contributed by atoms with Gasteiger partial charge in [0.2, 0.25) is 11.8 Å². The maximum atomic E-state index is 13.0. The molecule has 0 spiro atoms. The summed E-state index contributed by atoms with van der Waals surface area (Å²) in [6.45, 7) is 4.03. The number of likely N-dealkylation sites (tertiary alicyclic amines) is 1. The number of carbonyl (C=O) groups is 1. The molecule has 28 heavy (non-hydrogen) atoms. The highest BCUT2D eigenvalue weighted by Crippen LogP contribution is 2.32. The summed E-state index contributed by atoms with van der Waals surface area (Å²) in [5, 5.41) is 0. The van der Waals surface area contributed by atoms with E-state index >= 15 is 0 Å². The SMILES string of the molecule is O=C(CN1CCOCC1)N1CCC[C@H]1c1cncc(Oc2ccc(F)cc2)n1. The second-order valence-corrected chi connectivity index (χ2v) is 6.97. The van der Waals surface area contributed by atoms with E-state index in [0.29, 0.717) is 37.1 Å². The molecule has 0 unspecified atom stereocenters. The van der Waals surface area contributed by atoms with Gasteiger partial charge in [-0.25, -0.2) is 9.37 Å². The summed E-state index contributed by atoms with van der Waals surface area (Å²) >= 11 is 0.